The summed E-state index contributed by atoms with van der Waals surface area (Å²) in [5.41, 5.74) is 3.04. The maximum atomic E-state index is 5.60. The minimum absolute atomic E-state index is 0.637. The average Bonchev–Trinajstić information content (AvgIpc) is 3.09. The van der Waals surface area contributed by atoms with Crippen LogP contribution in [-0.2, 0) is 13.1 Å². The van der Waals surface area contributed by atoms with Gasteiger partial charge in [0, 0.05) is 24.4 Å². The van der Waals surface area contributed by atoms with E-state index in [4.69, 9.17) is 4.74 Å². The first-order valence-electron chi connectivity index (χ1n) is 9.11. The third-order valence-electron chi connectivity index (χ3n) is 3.87. The predicted molar refractivity (Wildman–Crippen MR) is 102 cm³/mol. The van der Waals surface area contributed by atoms with Gasteiger partial charge >= 0.3 is 0 Å². The number of aryl methyl sites for hydroxylation is 1. The molecule has 6 nitrogen and oxygen atoms in total. The molecule has 0 aliphatic heterocycles. The highest BCUT2D eigenvalue weighted by Gasteiger charge is 2.12. The van der Waals surface area contributed by atoms with Gasteiger partial charge in [-0.15, -0.1) is 0 Å². The molecule has 1 N–H and O–H groups in total. The van der Waals surface area contributed by atoms with Crippen molar-refractivity contribution in [1.29, 1.82) is 0 Å². The lowest BCUT2D eigenvalue weighted by molar-refractivity contribution is 0.296. The van der Waals surface area contributed by atoms with Crippen LogP contribution in [0.1, 0.15) is 25.5 Å². The van der Waals surface area contributed by atoms with Gasteiger partial charge in [0.25, 0.3) is 0 Å². The summed E-state index contributed by atoms with van der Waals surface area (Å²) in [5.74, 6) is 0.668. The van der Waals surface area contributed by atoms with E-state index in [0.717, 1.165) is 42.9 Å². The Labute approximate surface area is 154 Å². The van der Waals surface area contributed by atoms with E-state index in [1.807, 2.05) is 36.4 Å². The summed E-state index contributed by atoms with van der Waals surface area (Å²) in [6.07, 6.45) is 3.65. The number of ether oxygens (including phenoxy) is 1. The molecule has 0 spiro atoms. The molecular formula is C20H25N5O. The summed E-state index contributed by atoms with van der Waals surface area (Å²) >= 11 is 0. The number of hydrogen-bond donors (Lipinski definition) is 1. The highest BCUT2D eigenvalue weighted by molar-refractivity contribution is 5.60. The number of benzene rings is 1. The molecule has 2 heterocycles. The average molecular weight is 351 g/mol. The monoisotopic (exact) mass is 351 g/mol. The third-order valence-corrected chi connectivity index (χ3v) is 3.87. The maximum absolute atomic E-state index is 5.60. The standard InChI is InChI=1S/C20H25N5O/c1-2-14-25-23-18(20(24-25)17-9-4-3-5-10-17)16-21-12-8-15-26-19-11-6-7-13-22-19/h3-7,9-11,13,21H,2,8,12,14-16H2,1H3. The number of aromatic nitrogens is 4. The molecule has 0 saturated carbocycles. The Morgan fingerprint density at radius 3 is 2.65 bits per heavy atom. The Hall–Kier alpha value is -2.73. The number of pyridine rings is 1. The summed E-state index contributed by atoms with van der Waals surface area (Å²) in [6.45, 7) is 5.14. The second kappa shape index (κ2) is 9.68. The van der Waals surface area contributed by atoms with Gasteiger partial charge in [-0.25, -0.2) is 4.98 Å². The van der Waals surface area contributed by atoms with Crippen LogP contribution >= 0.6 is 0 Å². The van der Waals surface area contributed by atoms with Gasteiger partial charge in [0.05, 0.1) is 13.2 Å². The predicted octanol–water partition coefficient (Wildman–Crippen LogP) is 3.31. The van der Waals surface area contributed by atoms with Crippen LogP contribution in [0.25, 0.3) is 11.3 Å². The minimum Gasteiger partial charge on any atom is -0.478 e. The molecule has 0 aliphatic carbocycles. The van der Waals surface area contributed by atoms with Crippen molar-refractivity contribution in [3.8, 4) is 17.1 Å². The molecule has 0 radical (unpaired) electrons. The van der Waals surface area contributed by atoms with Crippen LogP contribution in [0.3, 0.4) is 0 Å². The van der Waals surface area contributed by atoms with Crippen molar-refractivity contribution in [2.75, 3.05) is 13.2 Å². The minimum atomic E-state index is 0.637. The van der Waals surface area contributed by atoms with Gasteiger partial charge in [-0.2, -0.15) is 15.0 Å². The molecule has 136 valence electrons. The first-order valence-corrected chi connectivity index (χ1v) is 9.11. The van der Waals surface area contributed by atoms with Crippen LogP contribution < -0.4 is 10.1 Å². The van der Waals surface area contributed by atoms with E-state index < -0.39 is 0 Å². The molecule has 0 saturated heterocycles. The molecule has 0 aliphatic rings. The van der Waals surface area contributed by atoms with Crippen molar-refractivity contribution in [2.24, 2.45) is 0 Å². The van der Waals surface area contributed by atoms with Crippen LogP contribution in [0.5, 0.6) is 5.88 Å². The molecule has 0 bridgehead atoms. The zero-order valence-electron chi connectivity index (χ0n) is 15.1. The molecule has 0 amide bonds. The highest BCUT2D eigenvalue weighted by atomic mass is 16.5. The molecule has 3 aromatic rings. The van der Waals surface area contributed by atoms with Crippen LogP contribution in [0.2, 0.25) is 0 Å². The van der Waals surface area contributed by atoms with Crippen molar-refractivity contribution in [3.63, 3.8) is 0 Å². The van der Waals surface area contributed by atoms with Crippen LogP contribution in [0, 0.1) is 0 Å². The van der Waals surface area contributed by atoms with Crippen molar-refractivity contribution in [1.82, 2.24) is 25.3 Å². The summed E-state index contributed by atoms with van der Waals surface area (Å²) in [7, 11) is 0. The number of rotatable bonds is 10. The molecule has 6 heteroatoms. The zero-order valence-corrected chi connectivity index (χ0v) is 15.1. The molecule has 26 heavy (non-hydrogen) atoms. The molecule has 2 aromatic heterocycles. The van der Waals surface area contributed by atoms with Gasteiger partial charge < -0.3 is 10.1 Å². The Bertz CT molecular complexity index is 773. The van der Waals surface area contributed by atoms with E-state index in [2.05, 4.69) is 39.6 Å². The quantitative estimate of drug-likeness (QED) is 0.568. The number of nitrogens with one attached hydrogen (secondary N) is 1. The topological polar surface area (TPSA) is 64.9 Å². The summed E-state index contributed by atoms with van der Waals surface area (Å²) < 4.78 is 5.60. The van der Waals surface area contributed by atoms with Crippen molar-refractivity contribution >= 4 is 0 Å². The Balaban J connectivity index is 1.50. The van der Waals surface area contributed by atoms with E-state index in [1.165, 1.54) is 0 Å². The van der Waals surface area contributed by atoms with E-state index in [9.17, 15) is 0 Å². The largest absolute Gasteiger partial charge is 0.478 e. The van der Waals surface area contributed by atoms with E-state index in [0.29, 0.717) is 19.0 Å². The van der Waals surface area contributed by atoms with E-state index >= 15 is 0 Å². The van der Waals surface area contributed by atoms with Gasteiger partial charge in [-0.3, -0.25) is 0 Å². The SMILES string of the molecule is CCCn1nc(CNCCCOc2ccccn2)c(-c2ccccc2)n1. The zero-order chi connectivity index (χ0) is 18.0. The smallest absolute Gasteiger partial charge is 0.213 e. The summed E-state index contributed by atoms with van der Waals surface area (Å²) in [4.78, 5) is 5.94. The van der Waals surface area contributed by atoms with Crippen molar-refractivity contribution < 1.29 is 4.74 Å². The van der Waals surface area contributed by atoms with Crippen LogP contribution in [0.4, 0.5) is 0 Å². The van der Waals surface area contributed by atoms with Crippen molar-refractivity contribution in [3.05, 3.63) is 60.4 Å². The molecule has 0 fully saturated rings. The normalized spacial score (nSPS) is 10.8. The fourth-order valence-electron chi connectivity index (χ4n) is 2.63. The lowest BCUT2D eigenvalue weighted by atomic mass is 10.1. The number of nitrogens with zero attached hydrogens (tertiary/aromatic N) is 4. The fraction of sp³-hybridized carbons (Fsp3) is 0.350. The van der Waals surface area contributed by atoms with Crippen LogP contribution in [0.15, 0.2) is 54.7 Å². The summed E-state index contributed by atoms with van der Waals surface area (Å²) in [6, 6.07) is 15.9. The Morgan fingerprint density at radius 2 is 1.88 bits per heavy atom. The number of hydrogen-bond acceptors (Lipinski definition) is 5. The van der Waals surface area contributed by atoms with Crippen LogP contribution in [-0.4, -0.2) is 33.1 Å². The third kappa shape index (κ3) is 5.13. The lowest BCUT2D eigenvalue weighted by Gasteiger charge is -2.06. The first kappa shape index (κ1) is 18.1. The first-order chi connectivity index (χ1) is 12.9. The van der Waals surface area contributed by atoms with E-state index in [-0.39, 0.29) is 0 Å². The second-order valence-corrected chi connectivity index (χ2v) is 6.00. The van der Waals surface area contributed by atoms with Gasteiger partial charge in [-0.1, -0.05) is 43.3 Å². The Morgan fingerprint density at radius 1 is 1.04 bits per heavy atom. The van der Waals surface area contributed by atoms with Crippen molar-refractivity contribution in [2.45, 2.75) is 32.9 Å². The Kier molecular flexibility index (Phi) is 6.73. The maximum Gasteiger partial charge on any atom is 0.213 e. The summed E-state index contributed by atoms with van der Waals surface area (Å²) in [5, 5.41) is 12.7. The molecule has 3 rings (SSSR count). The molecule has 0 unspecified atom stereocenters. The molecular weight excluding hydrogens is 326 g/mol. The van der Waals surface area contributed by atoms with Gasteiger partial charge in [0.2, 0.25) is 5.88 Å². The van der Waals surface area contributed by atoms with Gasteiger partial charge in [0.15, 0.2) is 0 Å². The van der Waals surface area contributed by atoms with Gasteiger partial charge in [0.1, 0.15) is 11.4 Å². The second-order valence-electron chi connectivity index (χ2n) is 6.00. The molecule has 0 atom stereocenters. The van der Waals surface area contributed by atoms with Gasteiger partial charge in [-0.05, 0) is 25.5 Å². The lowest BCUT2D eigenvalue weighted by Crippen LogP contribution is -2.18. The fourth-order valence-corrected chi connectivity index (χ4v) is 2.63. The van der Waals surface area contributed by atoms with E-state index in [1.54, 1.807) is 11.0 Å². The highest BCUT2D eigenvalue weighted by Crippen LogP contribution is 2.19. The molecule has 1 aromatic carbocycles.